The predicted molar refractivity (Wildman–Crippen MR) is 90.8 cm³/mol. The first kappa shape index (κ1) is 18.8. The summed E-state index contributed by atoms with van der Waals surface area (Å²) in [5, 5.41) is 3.03. The van der Waals surface area contributed by atoms with Crippen LogP contribution in [0.5, 0.6) is 5.75 Å². The minimum Gasteiger partial charge on any atom is -0.492 e. The SMILES string of the molecule is O=S(=O)(c1cc(Cl)ccc1OCCC1CC1)N1CCNCC1C(F)F. The van der Waals surface area contributed by atoms with Crippen LogP contribution in [-0.4, -0.2) is 51.4 Å². The standard InChI is InChI=1S/C16H21ClF2N2O3S/c17-12-3-4-14(24-8-5-11-1-2-11)15(9-12)25(22,23)21-7-6-20-10-13(21)16(18)19/h3-4,9,11,13,16,20H,1-2,5-8,10H2. The van der Waals surface area contributed by atoms with Gasteiger partial charge < -0.3 is 10.1 Å². The number of nitrogens with one attached hydrogen (secondary N) is 1. The number of sulfonamides is 1. The van der Waals surface area contributed by atoms with Crippen molar-refractivity contribution in [1.82, 2.24) is 9.62 Å². The van der Waals surface area contributed by atoms with Crippen molar-refractivity contribution in [1.29, 1.82) is 0 Å². The third kappa shape index (κ3) is 4.42. The number of halogens is 3. The molecule has 9 heteroatoms. The number of hydrogen-bond donors (Lipinski definition) is 1. The number of piperazine rings is 1. The molecule has 1 saturated heterocycles. The average Bonchev–Trinajstić information content (AvgIpc) is 3.40. The molecular formula is C16H21ClF2N2O3S. The zero-order chi connectivity index (χ0) is 18.0. The predicted octanol–water partition coefficient (Wildman–Crippen LogP) is 2.75. The van der Waals surface area contributed by atoms with Crippen molar-refractivity contribution in [2.24, 2.45) is 5.92 Å². The van der Waals surface area contributed by atoms with E-state index < -0.39 is 22.5 Å². The molecule has 0 spiro atoms. The van der Waals surface area contributed by atoms with E-state index in [9.17, 15) is 17.2 Å². The summed E-state index contributed by atoms with van der Waals surface area (Å²) in [6, 6.07) is 2.89. The van der Waals surface area contributed by atoms with Gasteiger partial charge in [0.25, 0.3) is 6.43 Å². The molecule has 5 nitrogen and oxygen atoms in total. The lowest BCUT2D eigenvalue weighted by Gasteiger charge is -2.34. The summed E-state index contributed by atoms with van der Waals surface area (Å²) in [7, 11) is -4.14. The van der Waals surface area contributed by atoms with Gasteiger partial charge in [-0.25, -0.2) is 17.2 Å². The summed E-state index contributed by atoms with van der Waals surface area (Å²) >= 11 is 5.96. The van der Waals surface area contributed by atoms with Crippen molar-refractivity contribution in [2.45, 2.75) is 36.6 Å². The van der Waals surface area contributed by atoms with Crippen molar-refractivity contribution < 1.29 is 21.9 Å². The first-order valence-corrected chi connectivity index (χ1v) is 10.1. The minimum atomic E-state index is -4.14. The van der Waals surface area contributed by atoms with Crippen molar-refractivity contribution in [3.05, 3.63) is 23.2 Å². The molecule has 1 heterocycles. The van der Waals surface area contributed by atoms with Gasteiger partial charge in [0.2, 0.25) is 10.0 Å². The highest BCUT2D eigenvalue weighted by atomic mass is 35.5. The van der Waals surface area contributed by atoms with Crippen LogP contribution < -0.4 is 10.1 Å². The fraction of sp³-hybridized carbons (Fsp3) is 0.625. The molecule has 140 valence electrons. The van der Waals surface area contributed by atoms with Crippen LogP contribution in [0.15, 0.2) is 23.1 Å². The molecule has 2 aliphatic rings. The molecule has 0 amide bonds. The molecule has 2 fully saturated rings. The zero-order valence-electron chi connectivity index (χ0n) is 13.6. The topological polar surface area (TPSA) is 58.6 Å². The largest absolute Gasteiger partial charge is 0.492 e. The van der Waals surface area contributed by atoms with Crippen LogP contribution in [0.25, 0.3) is 0 Å². The van der Waals surface area contributed by atoms with Crippen molar-refractivity contribution in [3.63, 3.8) is 0 Å². The molecule has 1 unspecified atom stereocenters. The minimum absolute atomic E-state index is 0.0225. The molecule has 3 rings (SSSR count). The van der Waals surface area contributed by atoms with E-state index >= 15 is 0 Å². The fourth-order valence-corrected chi connectivity index (χ4v) is 4.89. The summed E-state index contributed by atoms with van der Waals surface area (Å²) < 4.78 is 59.1. The van der Waals surface area contributed by atoms with E-state index in [1.165, 1.54) is 31.0 Å². The van der Waals surface area contributed by atoms with Gasteiger partial charge in [0.1, 0.15) is 10.6 Å². The molecule has 1 saturated carbocycles. The summed E-state index contributed by atoms with van der Waals surface area (Å²) in [6.07, 6.45) is 0.425. The van der Waals surface area contributed by atoms with Crippen molar-refractivity contribution in [2.75, 3.05) is 26.2 Å². The lowest BCUT2D eigenvalue weighted by atomic mass is 10.2. The van der Waals surface area contributed by atoms with Crippen LogP contribution >= 0.6 is 11.6 Å². The molecular weight excluding hydrogens is 374 g/mol. The first-order valence-electron chi connectivity index (χ1n) is 8.32. The van der Waals surface area contributed by atoms with Gasteiger partial charge in [0.05, 0.1) is 12.6 Å². The highest BCUT2D eigenvalue weighted by molar-refractivity contribution is 7.89. The molecule has 0 bridgehead atoms. The number of alkyl halides is 2. The lowest BCUT2D eigenvalue weighted by molar-refractivity contribution is 0.0513. The number of rotatable bonds is 7. The van der Waals surface area contributed by atoms with Crippen LogP contribution in [0.3, 0.4) is 0 Å². The molecule has 25 heavy (non-hydrogen) atoms. The summed E-state index contributed by atoms with van der Waals surface area (Å²) in [6.45, 7) is 0.607. The van der Waals surface area contributed by atoms with Crippen LogP contribution in [-0.2, 0) is 10.0 Å². The van der Waals surface area contributed by atoms with E-state index in [0.717, 1.165) is 10.7 Å². The summed E-state index contributed by atoms with van der Waals surface area (Å²) in [5.41, 5.74) is 0. The summed E-state index contributed by atoms with van der Waals surface area (Å²) in [5.74, 6) is 0.806. The van der Waals surface area contributed by atoms with Gasteiger partial charge in [-0.05, 0) is 30.5 Å². The Morgan fingerprint density at radius 2 is 2.12 bits per heavy atom. The van der Waals surface area contributed by atoms with Crippen LogP contribution in [0.4, 0.5) is 8.78 Å². The van der Waals surface area contributed by atoms with Gasteiger partial charge in [-0.1, -0.05) is 24.4 Å². The maximum atomic E-state index is 13.3. The van der Waals surface area contributed by atoms with E-state index in [0.29, 0.717) is 19.1 Å². The Morgan fingerprint density at radius 1 is 1.36 bits per heavy atom. The number of benzene rings is 1. The lowest BCUT2D eigenvalue weighted by Crippen LogP contribution is -2.56. The Bertz CT molecular complexity index is 713. The molecule has 1 atom stereocenters. The molecule has 1 aliphatic carbocycles. The van der Waals surface area contributed by atoms with E-state index in [2.05, 4.69) is 5.32 Å². The molecule has 0 aromatic heterocycles. The van der Waals surface area contributed by atoms with Gasteiger partial charge in [0, 0.05) is 24.7 Å². The van der Waals surface area contributed by atoms with E-state index in [1.54, 1.807) is 0 Å². The Balaban J connectivity index is 1.87. The number of nitrogens with zero attached hydrogens (tertiary/aromatic N) is 1. The van der Waals surface area contributed by atoms with E-state index in [4.69, 9.17) is 16.3 Å². The second-order valence-corrected chi connectivity index (χ2v) is 8.69. The number of hydrogen-bond acceptors (Lipinski definition) is 4. The Labute approximate surface area is 151 Å². The molecule has 1 aromatic carbocycles. The first-order chi connectivity index (χ1) is 11.9. The average molecular weight is 395 g/mol. The van der Waals surface area contributed by atoms with Gasteiger partial charge >= 0.3 is 0 Å². The smallest absolute Gasteiger partial charge is 0.256 e. The third-order valence-corrected chi connectivity index (χ3v) is 6.68. The Hall–Kier alpha value is -0.960. The zero-order valence-corrected chi connectivity index (χ0v) is 15.2. The summed E-state index contributed by atoms with van der Waals surface area (Å²) in [4.78, 5) is -0.150. The maximum Gasteiger partial charge on any atom is 0.256 e. The van der Waals surface area contributed by atoms with Crippen molar-refractivity contribution >= 4 is 21.6 Å². The number of ether oxygens (including phenoxy) is 1. The highest BCUT2D eigenvalue weighted by Gasteiger charge is 2.40. The van der Waals surface area contributed by atoms with Gasteiger partial charge in [0.15, 0.2) is 0 Å². The Morgan fingerprint density at radius 3 is 2.80 bits per heavy atom. The Kier molecular flexibility index (Phi) is 5.82. The highest BCUT2D eigenvalue weighted by Crippen LogP contribution is 2.34. The van der Waals surface area contributed by atoms with Crippen LogP contribution in [0, 0.1) is 5.92 Å². The molecule has 1 aliphatic heterocycles. The van der Waals surface area contributed by atoms with E-state index in [1.807, 2.05) is 0 Å². The van der Waals surface area contributed by atoms with Crippen molar-refractivity contribution in [3.8, 4) is 5.75 Å². The maximum absolute atomic E-state index is 13.3. The van der Waals surface area contributed by atoms with Crippen LogP contribution in [0.1, 0.15) is 19.3 Å². The second kappa shape index (κ2) is 7.73. The van der Waals surface area contributed by atoms with E-state index in [-0.39, 0.29) is 28.8 Å². The van der Waals surface area contributed by atoms with Gasteiger partial charge in [-0.3, -0.25) is 0 Å². The quantitative estimate of drug-likeness (QED) is 0.772. The second-order valence-electron chi connectivity index (χ2n) is 6.39. The van der Waals surface area contributed by atoms with Gasteiger partial charge in [-0.2, -0.15) is 4.31 Å². The molecule has 1 aromatic rings. The fourth-order valence-electron chi connectivity index (χ4n) is 2.89. The molecule has 0 radical (unpaired) electrons. The molecule has 1 N–H and O–H groups in total. The van der Waals surface area contributed by atoms with Gasteiger partial charge in [-0.15, -0.1) is 0 Å². The van der Waals surface area contributed by atoms with Crippen LogP contribution in [0.2, 0.25) is 5.02 Å². The monoisotopic (exact) mass is 394 g/mol. The normalized spacial score (nSPS) is 22.3. The third-order valence-electron chi connectivity index (χ3n) is 4.50.